The van der Waals surface area contributed by atoms with Crippen LogP contribution in [0.3, 0.4) is 0 Å². The van der Waals surface area contributed by atoms with E-state index in [1.807, 2.05) is 34.6 Å². The normalized spacial score (nSPS) is 17.1. The minimum absolute atomic E-state index is 0.0140. The lowest BCUT2D eigenvalue weighted by Gasteiger charge is -2.23. The van der Waals surface area contributed by atoms with Crippen LogP contribution in [0, 0.1) is 5.92 Å². The average Bonchev–Trinajstić information content (AvgIpc) is 3.14. The van der Waals surface area contributed by atoms with Gasteiger partial charge in [-0.05, 0) is 47.0 Å². The van der Waals surface area contributed by atoms with Gasteiger partial charge in [-0.3, -0.25) is 4.79 Å². The second-order valence-corrected chi connectivity index (χ2v) is 10.4. The van der Waals surface area contributed by atoms with Gasteiger partial charge in [0.1, 0.15) is 5.60 Å². The molecular weight excluding hydrogens is 382 g/mol. The summed E-state index contributed by atoms with van der Waals surface area (Å²) in [7, 11) is 0. The first-order valence-electron chi connectivity index (χ1n) is 11.5. The summed E-state index contributed by atoms with van der Waals surface area (Å²) in [5, 5.41) is 16.7. The highest BCUT2D eigenvalue weighted by Crippen LogP contribution is 2.31. The van der Waals surface area contributed by atoms with Gasteiger partial charge >= 0.3 is 5.97 Å². The van der Waals surface area contributed by atoms with Crippen LogP contribution < -0.4 is 5.32 Å². The molecular formula is C23H41N3O4. The number of rotatable bonds is 11. The first-order chi connectivity index (χ1) is 14.1. The topological polar surface area (TPSA) is 97.5 Å². The van der Waals surface area contributed by atoms with Gasteiger partial charge in [-0.1, -0.05) is 50.1 Å². The molecule has 30 heavy (non-hydrogen) atoms. The predicted octanol–water partition coefficient (Wildman–Crippen LogP) is 4.50. The van der Waals surface area contributed by atoms with E-state index in [0.29, 0.717) is 18.3 Å². The molecule has 1 atom stereocenters. The van der Waals surface area contributed by atoms with Gasteiger partial charge in [-0.25, -0.2) is 0 Å². The Hall–Kier alpha value is -1.47. The van der Waals surface area contributed by atoms with Gasteiger partial charge in [0, 0.05) is 11.5 Å². The van der Waals surface area contributed by atoms with Crippen LogP contribution in [0.25, 0.3) is 0 Å². The summed E-state index contributed by atoms with van der Waals surface area (Å²) in [4.78, 5) is 17.0. The standard InChI is InChI=1S/C23H41N3O4/c1-22(2,3)29-20(28)14-18(13-9-12-17-10-7-6-8-11-17)21-25-19(26-30-21)15-24-23(4,5)16-27/h17-18,24,27H,6-16H2,1-5H3/t18-/m1/s1. The Bertz CT molecular complexity index is 645. The molecule has 1 aliphatic carbocycles. The summed E-state index contributed by atoms with van der Waals surface area (Å²) in [6.07, 6.45) is 10.0. The molecule has 2 N–H and O–H groups in total. The van der Waals surface area contributed by atoms with Crippen LogP contribution in [-0.4, -0.2) is 39.0 Å². The van der Waals surface area contributed by atoms with E-state index in [2.05, 4.69) is 15.5 Å². The van der Waals surface area contributed by atoms with Gasteiger partial charge < -0.3 is 19.7 Å². The van der Waals surface area contributed by atoms with Crippen LogP contribution in [0.15, 0.2) is 4.52 Å². The highest BCUT2D eigenvalue weighted by atomic mass is 16.6. The first-order valence-corrected chi connectivity index (χ1v) is 11.5. The molecule has 0 saturated heterocycles. The van der Waals surface area contributed by atoms with Crippen molar-refractivity contribution in [2.75, 3.05) is 6.61 Å². The van der Waals surface area contributed by atoms with E-state index >= 15 is 0 Å². The number of nitrogens with zero attached hydrogens (tertiary/aromatic N) is 2. The van der Waals surface area contributed by atoms with Crippen molar-refractivity contribution in [2.24, 2.45) is 5.92 Å². The van der Waals surface area contributed by atoms with E-state index in [9.17, 15) is 9.90 Å². The third kappa shape index (κ3) is 9.13. The predicted molar refractivity (Wildman–Crippen MR) is 116 cm³/mol. The summed E-state index contributed by atoms with van der Waals surface area (Å²) in [6, 6.07) is 0. The van der Waals surface area contributed by atoms with Crippen LogP contribution in [-0.2, 0) is 16.1 Å². The zero-order chi connectivity index (χ0) is 22.2. The van der Waals surface area contributed by atoms with E-state index in [-0.39, 0.29) is 24.9 Å². The maximum Gasteiger partial charge on any atom is 0.307 e. The number of hydrogen-bond acceptors (Lipinski definition) is 7. The lowest BCUT2D eigenvalue weighted by Crippen LogP contribution is -2.42. The fraction of sp³-hybridized carbons (Fsp3) is 0.870. The number of aliphatic hydroxyl groups is 1. The fourth-order valence-electron chi connectivity index (χ4n) is 3.91. The van der Waals surface area contributed by atoms with Crippen LogP contribution >= 0.6 is 0 Å². The van der Waals surface area contributed by atoms with Crippen molar-refractivity contribution in [3.05, 3.63) is 11.7 Å². The van der Waals surface area contributed by atoms with E-state index in [0.717, 1.165) is 18.8 Å². The molecule has 1 aromatic rings. The van der Waals surface area contributed by atoms with E-state index < -0.39 is 11.1 Å². The van der Waals surface area contributed by atoms with Crippen LogP contribution in [0.5, 0.6) is 0 Å². The Morgan fingerprint density at radius 1 is 1.23 bits per heavy atom. The van der Waals surface area contributed by atoms with E-state index in [4.69, 9.17) is 9.26 Å². The highest BCUT2D eigenvalue weighted by molar-refractivity contribution is 5.70. The highest BCUT2D eigenvalue weighted by Gasteiger charge is 2.26. The van der Waals surface area contributed by atoms with Crippen molar-refractivity contribution in [2.45, 2.75) is 116 Å². The van der Waals surface area contributed by atoms with E-state index in [1.54, 1.807) is 0 Å². The SMILES string of the molecule is CC(C)(CO)NCc1noc([C@H](CCCC2CCCCC2)CC(=O)OC(C)(C)C)n1. The number of esters is 1. The summed E-state index contributed by atoms with van der Waals surface area (Å²) >= 11 is 0. The molecule has 1 saturated carbocycles. The second kappa shape index (κ2) is 11.2. The number of ether oxygens (including phenoxy) is 1. The number of nitrogens with one attached hydrogen (secondary N) is 1. The molecule has 0 spiro atoms. The molecule has 0 aromatic carbocycles. The van der Waals surface area contributed by atoms with Gasteiger partial charge in [-0.15, -0.1) is 0 Å². The molecule has 0 aliphatic heterocycles. The zero-order valence-corrected chi connectivity index (χ0v) is 19.5. The Kier molecular flexibility index (Phi) is 9.29. The van der Waals surface area contributed by atoms with Crippen molar-refractivity contribution in [3.63, 3.8) is 0 Å². The third-order valence-electron chi connectivity index (χ3n) is 5.68. The summed E-state index contributed by atoms with van der Waals surface area (Å²) in [5.74, 6) is 1.49. The summed E-state index contributed by atoms with van der Waals surface area (Å²) in [5.41, 5.74) is -0.930. The smallest absolute Gasteiger partial charge is 0.307 e. The van der Waals surface area contributed by atoms with Crippen LogP contribution in [0.1, 0.15) is 110 Å². The number of hydrogen-bond donors (Lipinski definition) is 2. The Labute approximate surface area is 181 Å². The molecule has 1 heterocycles. The first kappa shape index (κ1) is 24.8. The van der Waals surface area contributed by atoms with E-state index in [1.165, 1.54) is 38.5 Å². The average molecular weight is 424 g/mol. The number of carbonyl (C=O) groups excluding carboxylic acids is 1. The van der Waals surface area contributed by atoms with Gasteiger partial charge in [-0.2, -0.15) is 4.98 Å². The lowest BCUT2D eigenvalue weighted by molar-refractivity contribution is -0.155. The van der Waals surface area contributed by atoms with Crippen molar-refractivity contribution in [1.29, 1.82) is 0 Å². The van der Waals surface area contributed by atoms with Gasteiger partial charge in [0.05, 0.1) is 19.6 Å². The number of aliphatic hydroxyl groups excluding tert-OH is 1. The second-order valence-electron chi connectivity index (χ2n) is 10.4. The van der Waals surface area contributed by atoms with Crippen molar-refractivity contribution < 1.29 is 19.2 Å². The molecule has 0 radical (unpaired) electrons. The molecule has 0 bridgehead atoms. The maximum atomic E-state index is 12.5. The van der Waals surface area contributed by atoms with Gasteiger partial charge in [0.2, 0.25) is 5.89 Å². The summed E-state index contributed by atoms with van der Waals surface area (Å²) < 4.78 is 11.1. The van der Waals surface area contributed by atoms with Crippen molar-refractivity contribution in [3.8, 4) is 0 Å². The molecule has 7 nitrogen and oxygen atoms in total. The van der Waals surface area contributed by atoms with Crippen molar-refractivity contribution in [1.82, 2.24) is 15.5 Å². The molecule has 2 rings (SSSR count). The van der Waals surface area contributed by atoms with Crippen molar-refractivity contribution >= 4 is 5.97 Å². The quantitative estimate of drug-likeness (QED) is 0.506. The Morgan fingerprint density at radius 2 is 1.93 bits per heavy atom. The largest absolute Gasteiger partial charge is 0.460 e. The molecule has 1 fully saturated rings. The number of aromatic nitrogens is 2. The monoisotopic (exact) mass is 423 g/mol. The maximum absolute atomic E-state index is 12.5. The molecule has 172 valence electrons. The molecule has 1 aliphatic rings. The minimum Gasteiger partial charge on any atom is -0.460 e. The van der Waals surface area contributed by atoms with Crippen LogP contribution in [0.4, 0.5) is 0 Å². The Morgan fingerprint density at radius 3 is 2.57 bits per heavy atom. The fourth-order valence-corrected chi connectivity index (χ4v) is 3.91. The number of carbonyl (C=O) groups is 1. The molecule has 1 aromatic heterocycles. The molecule has 0 amide bonds. The van der Waals surface area contributed by atoms with Crippen LogP contribution in [0.2, 0.25) is 0 Å². The third-order valence-corrected chi connectivity index (χ3v) is 5.68. The Balaban J connectivity index is 1.97. The summed E-state index contributed by atoms with van der Waals surface area (Å²) in [6.45, 7) is 9.86. The van der Waals surface area contributed by atoms with Gasteiger partial charge in [0.25, 0.3) is 0 Å². The lowest BCUT2D eigenvalue weighted by atomic mass is 9.84. The molecule has 0 unspecified atom stereocenters. The van der Waals surface area contributed by atoms with Gasteiger partial charge in [0.15, 0.2) is 5.82 Å². The zero-order valence-electron chi connectivity index (χ0n) is 19.5. The minimum atomic E-state index is -0.510. The molecule has 7 heteroatoms.